The third-order valence-electron chi connectivity index (χ3n) is 4.58. The Hall–Kier alpha value is -2.06. The SMILES string of the molecule is FC(F)(F)c1cccc(C(c2cccc(C(F)(F)F)c2)N2CCNCC2)c1. The van der Waals surface area contributed by atoms with Gasteiger partial charge in [-0.15, -0.1) is 0 Å². The average molecular weight is 388 g/mol. The molecule has 2 nitrogen and oxygen atoms in total. The molecule has 2 aromatic rings. The molecule has 2 aromatic carbocycles. The van der Waals surface area contributed by atoms with E-state index >= 15 is 0 Å². The van der Waals surface area contributed by atoms with Crippen molar-refractivity contribution in [2.24, 2.45) is 0 Å². The predicted molar refractivity (Wildman–Crippen MR) is 89.2 cm³/mol. The number of nitrogens with one attached hydrogen (secondary N) is 1. The number of hydrogen-bond donors (Lipinski definition) is 1. The van der Waals surface area contributed by atoms with E-state index in [-0.39, 0.29) is 0 Å². The lowest BCUT2D eigenvalue weighted by Gasteiger charge is -2.36. The molecule has 0 spiro atoms. The number of halogens is 6. The Morgan fingerprint density at radius 1 is 0.741 bits per heavy atom. The van der Waals surface area contributed by atoms with Crippen molar-refractivity contribution in [2.45, 2.75) is 18.4 Å². The summed E-state index contributed by atoms with van der Waals surface area (Å²) in [7, 11) is 0. The summed E-state index contributed by atoms with van der Waals surface area (Å²) in [5.74, 6) is 0. The average Bonchev–Trinajstić information content (AvgIpc) is 2.62. The van der Waals surface area contributed by atoms with Gasteiger partial charge in [0.2, 0.25) is 0 Å². The Bertz CT molecular complexity index is 721. The largest absolute Gasteiger partial charge is 0.416 e. The summed E-state index contributed by atoms with van der Waals surface area (Å²) >= 11 is 0. The summed E-state index contributed by atoms with van der Waals surface area (Å²) in [4.78, 5) is 1.90. The molecule has 3 rings (SSSR count). The summed E-state index contributed by atoms with van der Waals surface area (Å²) in [6.45, 7) is 2.29. The maximum Gasteiger partial charge on any atom is 0.416 e. The predicted octanol–water partition coefficient (Wildman–Crippen LogP) is 4.72. The van der Waals surface area contributed by atoms with Crippen molar-refractivity contribution in [1.29, 1.82) is 0 Å². The van der Waals surface area contributed by atoms with Gasteiger partial charge in [-0.25, -0.2) is 0 Å². The highest BCUT2D eigenvalue weighted by molar-refractivity contribution is 5.38. The van der Waals surface area contributed by atoms with Crippen molar-refractivity contribution in [2.75, 3.05) is 26.2 Å². The van der Waals surface area contributed by atoms with Gasteiger partial charge in [0.1, 0.15) is 0 Å². The van der Waals surface area contributed by atoms with Crippen LogP contribution in [0.5, 0.6) is 0 Å². The van der Waals surface area contributed by atoms with Crippen molar-refractivity contribution in [3.05, 3.63) is 70.8 Å². The van der Waals surface area contributed by atoms with Crippen molar-refractivity contribution in [3.8, 4) is 0 Å². The Balaban J connectivity index is 2.07. The molecule has 1 aliphatic rings. The van der Waals surface area contributed by atoms with Crippen LogP contribution in [-0.2, 0) is 12.4 Å². The van der Waals surface area contributed by atoms with Crippen LogP contribution in [-0.4, -0.2) is 31.1 Å². The zero-order valence-corrected chi connectivity index (χ0v) is 14.2. The van der Waals surface area contributed by atoms with Crippen LogP contribution in [0.15, 0.2) is 48.5 Å². The fourth-order valence-electron chi connectivity index (χ4n) is 3.32. The second-order valence-electron chi connectivity index (χ2n) is 6.43. The van der Waals surface area contributed by atoms with E-state index in [4.69, 9.17) is 0 Å². The lowest BCUT2D eigenvalue weighted by atomic mass is 9.93. The Labute approximate surface area is 152 Å². The smallest absolute Gasteiger partial charge is 0.314 e. The van der Waals surface area contributed by atoms with Gasteiger partial charge in [0.05, 0.1) is 17.2 Å². The van der Waals surface area contributed by atoms with Gasteiger partial charge in [0.25, 0.3) is 0 Å². The number of alkyl halides is 6. The molecular formula is C19H18F6N2. The van der Waals surface area contributed by atoms with Crippen LogP contribution in [0.3, 0.4) is 0 Å². The number of hydrogen-bond acceptors (Lipinski definition) is 2. The topological polar surface area (TPSA) is 15.3 Å². The zero-order valence-electron chi connectivity index (χ0n) is 14.2. The molecule has 1 aliphatic heterocycles. The lowest BCUT2D eigenvalue weighted by molar-refractivity contribution is -0.138. The molecule has 8 heteroatoms. The van der Waals surface area contributed by atoms with Crippen LogP contribution in [0.2, 0.25) is 0 Å². The van der Waals surface area contributed by atoms with Crippen LogP contribution in [0.25, 0.3) is 0 Å². The van der Waals surface area contributed by atoms with Gasteiger partial charge in [-0.1, -0.05) is 24.3 Å². The summed E-state index contributed by atoms with van der Waals surface area (Å²) in [6, 6.07) is 8.93. The number of piperazine rings is 1. The molecule has 0 atom stereocenters. The normalized spacial score (nSPS) is 16.7. The molecule has 0 saturated carbocycles. The first kappa shape index (κ1) is 19.7. The summed E-state index contributed by atoms with van der Waals surface area (Å²) in [6.07, 6.45) is -9.03. The third-order valence-corrected chi connectivity index (χ3v) is 4.58. The molecule has 146 valence electrons. The molecule has 0 aliphatic carbocycles. The van der Waals surface area contributed by atoms with Crippen LogP contribution in [0, 0.1) is 0 Å². The molecular weight excluding hydrogens is 370 g/mol. The van der Waals surface area contributed by atoms with Crippen LogP contribution < -0.4 is 5.32 Å². The molecule has 0 aromatic heterocycles. The Morgan fingerprint density at radius 2 is 1.19 bits per heavy atom. The van der Waals surface area contributed by atoms with Crippen LogP contribution in [0.4, 0.5) is 26.3 Å². The maximum absolute atomic E-state index is 13.1. The molecule has 0 bridgehead atoms. The fraction of sp³-hybridized carbons (Fsp3) is 0.368. The summed E-state index contributed by atoms with van der Waals surface area (Å²) < 4.78 is 78.7. The zero-order chi connectivity index (χ0) is 19.7. The fourth-order valence-corrected chi connectivity index (χ4v) is 3.32. The van der Waals surface area contributed by atoms with Gasteiger partial charge >= 0.3 is 12.4 Å². The van der Waals surface area contributed by atoms with E-state index in [2.05, 4.69) is 5.32 Å². The van der Waals surface area contributed by atoms with Crippen molar-refractivity contribution < 1.29 is 26.3 Å². The molecule has 27 heavy (non-hydrogen) atoms. The standard InChI is InChI=1S/C19H18F6N2/c20-18(21,22)15-5-1-3-13(11-15)17(27-9-7-26-8-10-27)14-4-2-6-16(12-14)19(23,24)25/h1-6,11-12,17,26H,7-10H2. The molecule has 1 saturated heterocycles. The molecule has 1 heterocycles. The van der Waals surface area contributed by atoms with Crippen LogP contribution >= 0.6 is 0 Å². The molecule has 0 unspecified atom stereocenters. The first-order valence-electron chi connectivity index (χ1n) is 8.45. The first-order chi connectivity index (χ1) is 12.7. The first-order valence-corrected chi connectivity index (χ1v) is 8.45. The third kappa shape index (κ3) is 4.62. The van der Waals surface area contributed by atoms with Crippen LogP contribution in [0.1, 0.15) is 28.3 Å². The second kappa shape index (κ2) is 7.52. The number of rotatable bonds is 3. The maximum atomic E-state index is 13.1. The Morgan fingerprint density at radius 3 is 1.59 bits per heavy atom. The summed E-state index contributed by atoms with van der Waals surface area (Å²) in [5.41, 5.74) is -0.976. The summed E-state index contributed by atoms with van der Waals surface area (Å²) in [5, 5.41) is 3.14. The van der Waals surface area contributed by atoms with Gasteiger partial charge < -0.3 is 5.32 Å². The van der Waals surface area contributed by atoms with E-state index < -0.39 is 29.5 Å². The molecule has 1 N–H and O–H groups in total. The lowest BCUT2D eigenvalue weighted by Crippen LogP contribution is -2.45. The molecule has 0 radical (unpaired) electrons. The van der Waals surface area contributed by atoms with Gasteiger partial charge in [-0.3, -0.25) is 4.90 Å². The highest BCUT2D eigenvalue weighted by Crippen LogP contribution is 2.37. The minimum atomic E-state index is -4.52. The Kier molecular flexibility index (Phi) is 5.48. The minimum Gasteiger partial charge on any atom is -0.314 e. The van der Waals surface area contributed by atoms with Crippen molar-refractivity contribution >= 4 is 0 Å². The van der Waals surface area contributed by atoms with E-state index in [0.717, 1.165) is 24.3 Å². The van der Waals surface area contributed by atoms with E-state index in [1.807, 2.05) is 4.90 Å². The quantitative estimate of drug-likeness (QED) is 0.766. The van der Waals surface area contributed by atoms with Gasteiger partial charge in [0.15, 0.2) is 0 Å². The second-order valence-corrected chi connectivity index (χ2v) is 6.43. The minimum absolute atomic E-state index is 0.325. The van der Waals surface area contributed by atoms with E-state index in [1.54, 1.807) is 0 Å². The van der Waals surface area contributed by atoms with Gasteiger partial charge in [-0.05, 0) is 35.4 Å². The highest BCUT2D eigenvalue weighted by atomic mass is 19.4. The van der Waals surface area contributed by atoms with Crippen molar-refractivity contribution in [1.82, 2.24) is 10.2 Å². The van der Waals surface area contributed by atoms with Gasteiger partial charge in [-0.2, -0.15) is 26.3 Å². The van der Waals surface area contributed by atoms with E-state index in [9.17, 15) is 26.3 Å². The molecule has 1 fully saturated rings. The number of nitrogens with zero attached hydrogens (tertiary/aromatic N) is 1. The highest BCUT2D eigenvalue weighted by Gasteiger charge is 2.34. The van der Waals surface area contributed by atoms with Gasteiger partial charge in [0, 0.05) is 26.2 Å². The molecule has 0 amide bonds. The monoisotopic (exact) mass is 388 g/mol. The van der Waals surface area contributed by atoms with E-state index in [0.29, 0.717) is 37.3 Å². The number of benzene rings is 2. The van der Waals surface area contributed by atoms with E-state index in [1.165, 1.54) is 24.3 Å². The van der Waals surface area contributed by atoms with Crippen molar-refractivity contribution in [3.63, 3.8) is 0 Å².